The van der Waals surface area contributed by atoms with E-state index in [1.165, 1.54) is 0 Å². The maximum Gasteiger partial charge on any atom is 3.00 e. The molecule has 0 atom stereocenters. The smallest absolute Gasteiger partial charge is 0.693 e. The summed E-state index contributed by atoms with van der Waals surface area (Å²) in [5.74, 6) is 0. The molecule has 2 N–H and O–H groups in total. The third-order valence-electron chi connectivity index (χ3n) is 0. The second-order valence-electron chi connectivity index (χ2n) is 1.000. The van der Waals surface area contributed by atoms with Gasteiger partial charge in [-0.3, -0.25) is 0 Å². The molecule has 4 heteroatoms. The zero-order chi connectivity index (χ0) is 5.41. The fraction of sp³-hybridized carbons (Fsp3) is 0.667. The molecule has 0 amide bonds. The second kappa shape index (κ2) is 82.9. The van der Waals surface area contributed by atoms with E-state index in [1.807, 2.05) is 13.8 Å². The van der Waals surface area contributed by atoms with Crippen molar-refractivity contribution in [1.29, 1.82) is 0 Å². The number of hydrogen-bond donors (Lipinski definition) is 0. The first-order valence-electron chi connectivity index (χ1n) is 2.41. The zero-order valence-electron chi connectivity index (χ0n) is 6.72. The predicted octanol–water partition coefficient (Wildman–Crippen LogP) is 4.02. The van der Waals surface area contributed by atoms with Gasteiger partial charge in [0.2, 0.25) is 0 Å². The molecule has 0 aliphatic rings. The van der Waals surface area contributed by atoms with Crippen LogP contribution in [0.25, 0.3) is 6.15 Å². The van der Waals surface area contributed by atoms with Crippen molar-refractivity contribution in [2.75, 3.05) is 0 Å². The first-order valence-corrected chi connectivity index (χ1v) is 2.41. The monoisotopic (exact) mass is 222 g/mol. The molecule has 0 fully saturated rings. The van der Waals surface area contributed by atoms with Gasteiger partial charge in [-0.1, -0.05) is 13.8 Å². The van der Waals surface area contributed by atoms with Crippen LogP contribution in [0.15, 0.2) is 0 Å². The van der Waals surface area contributed by atoms with Gasteiger partial charge in [-0.15, -0.1) is 24.8 Å². The molecule has 0 aliphatic heterocycles. The first kappa shape index (κ1) is 42.9. The van der Waals surface area contributed by atoms with Gasteiger partial charge in [0, 0.05) is 0 Å². The number of rotatable bonds is 0. The van der Waals surface area contributed by atoms with E-state index in [-0.39, 0.29) is 52.7 Å². The third kappa shape index (κ3) is 401. The van der Waals surface area contributed by atoms with Crippen LogP contribution in [0, 0.1) is 13.8 Å². The molecule has 0 aromatic carbocycles. The van der Waals surface area contributed by atoms with Gasteiger partial charge < -0.3 is 20.0 Å². The summed E-state index contributed by atoms with van der Waals surface area (Å²) < 4.78 is 0. The Labute approximate surface area is 93.0 Å². The summed E-state index contributed by atoms with van der Waals surface area (Å²) in [4.78, 5) is 0. The van der Waals surface area contributed by atoms with Crippen LogP contribution < -0.4 is 0 Å². The minimum atomic E-state index is 0. The Morgan fingerprint density at radius 3 is 0.900 bits per heavy atom. The Morgan fingerprint density at radius 1 is 0.900 bits per heavy atom. The van der Waals surface area contributed by atoms with Crippen LogP contribution in [0.4, 0.5) is 0 Å². The van der Waals surface area contributed by atoms with Gasteiger partial charge in [0.25, 0.3) is 0 Å². The minimum absolute atomic E-state index is 0. The van der Waals surface area contributed by atoms with E-state index < -0.39 is 0 Å². The molecular formula is C6H18Cl2NTi. The summed E-state index contributed by atoms with van der Waals surface area (Å²) in [7, 11) is 0. The van der Waals surface area contributed by atoms with Crippen molar-refractivity contribution in [2.45, 2.75) is 26.7 Å². The number of halogens is 2. The molecule has 1 radical (unpaired) electrons. The summed E-state index contributed by atoms with van der Waals surface area (Å²) in [6, 6.07) is 0. The van der Waals surface area contributed by atoms with Crippen molar-refractivity contribution in [3.05, 3.63) is 20.0 Å². The van der Waals surface area contributed by atoms with E-state index in [9.17, 15) is 0 Å². The second-order valence-corrected chi connectivity index (χ2v) is 1.000. The molecule has 0 unspecified atom stereocenters. The summed E-state index contributed by atoms with van der Waals surface area (Å²) >= 11 is 0. The molecule has 0 bridgehead atoms. The van der Waals surface area contributed by atoms with Gasteiger partial charge in [0.05, 0.1) is 0 Å². The van der Waals surface area contributed by atoms with Crippen LogP contribution in [-0.4, -0.2) is 0 Å². The van der Waals surface area contributed by atoms with Gasteiger partial charge in [-0.25, -0.2) is 0 Å². The largest absolute Gasteiger partial charge is 3.00 e. The average Bonchev–Trinajstić information content (AvgIpc) is 1.39. The molecule has 1 nitrogen and oxygen atoms in total. The Morgan fingerprint density at radius 2 is 0.900 bits per heavy atom. The third-order valence-corrected chi connectivity index (χ3v) is 0. The summed E-state index contributed by atoms with van der Waals surface area (Å²) in [6.45, 7) is 11.0. The van der Waals surface area contributed by atoms with E-state index >= 15 is 0 Å². The van der Waals surface area contributed by atoms with Crippen LogP contribution in [0.5, 0.6) is 0 Å². The van der Waals surface area contributed by atoms with Crippen molar-refractivity contribution >= 4 is 24.8 Å². The van der Waals surface area contributed by atoms with Crippen LogP contribution in [-0.2, 0) is 21.7 Å². The topological polar surface area (TPSA) is 33.5 Å². The predicted molar refractivity (Wildman–Crippen MR) is 51.1 cm³/mol. The van der Waals surface area contributed by atoms with Crippen molar-refractivity contribution < 1.29 is 21.7 Å². The maximum absolute atomic E-state index is 3.49. The van der Waals surface area contributed by atoms with E-state index in [4.69, 9.17) is 0 Å². The van der Waals surface area contributed by atoms with Crippen LogP contribution in [0.2, 0.25) is 0 Å². The quantitative estimate of drug-likeness (QED) is 0.439. The summed E-state index contributed by atoms with van der Waals surface area (Å²) in [5, 5.41) is 0. The van der Waals surface area contributed by atoms with E-state index in [1.54, 1.807) is 0 Å². The molecule has 0 saturated heterocycles. The van der Waals surface area contributed by atoms with Gasteiger partial charge in [0.15, 0.2) is 0 Å². The van der Waals surface area contributed by atoms with Crippen molar-refractivity contribution in [3.8, 4) is 0 Å². The first-order chi connectivity index (χ1) is 2.83. The molecule has 0 heterocycles. The minimum Gasteiger partial charge on any atom is -0.693 e. The maximum atomic E-state index is 3.49. The van der Waals surface area contributed by atoms with Crippen LogP contribution in [0.1, 0.15) is 26.7 Å². The molecule has 0 aromatic rings. The molecule has 0 spiro atoms. The molecule has 0 rings (SSSR count). The van der Waals surface area contributed by atoms with E-state index in [2.05, 4.69) is 13.8 Å². The summed E-state index contributed by atoms with van der Waals surface area (Å²) in [6.07, 6.45) is 2.00. The van der Waals surface area contributed by atoms with Crippen molar-refractivity contribution in [1.82, 2.24) is 0 Å². The summed E-state index contributed by atoms with van der Waals surface area (Å²) in [5.41, 5.74) is 0. The standard InChI is InChI=1S/2C3H7.2ClH.H2N.Ti/c2*1-3-2;;;;/h2*1,3H2,2H3;2*1H;1H2;/q2*-1;;;-1;+3. The van der Waals surface area contributed by atoms with Gasteiger partial charge in [0.1, 0.15) is 0 Å². The normalized spacial score (nSPS) is 3.60. The van der Waals surface area contributed by atoms with Crippen molar-refractivity contribution in [3.63, 3.8) is 0 Å². The fourth-order valence-corrected chi connectivity index (χ4v) is 0. The SMILES string of the molecule is Cl.Cl.[CH2-]CC.[CH2-]CC.[NH2-].[Ti+3]. The Bertz CT molecular complexity index is 17.7. The van der Waals surface area contributed by atoms with E-state index in [0.29, 0.717) is 0 Å². The molecule has 0 aliphatic carbocycles. The molecule has 65 valence electrons. The Kier molecular flexibility index (Phi) is 355. The number of nitrogens with two attached hydrogens (primary N) is 1. The van der Waals surface area contributed by atoms with Crippen molar-refractivity contribution in [2.24, 2.45) is 0 Å². The average molecular weight is 223 g/mol. The molecule has 10 heavy (non-hydrogen) atoms. The fourth-order valence-electron chi connectivity index (χ4n) is 0. The van der Waals surface area contributed by atoms with Gasteiger partial charge in [-0.05, 0) is 0 Å². The van der Waals surface area contributed by atoms with Gasteiger partial charge >= 0.3 is 21.7 Å². The number of hydrogen-bond acceptors (Lipinski definition) is 0. The molecule has 0 aromatic heterocycles. The van der Waals surface area contributed by atoms with Crippen LogP contribution in [0.3, 0.4) is 0 Å². The molecular weight excluding hydrogens is 205 g/mol. The van der Waals surface area contributed by atoms with Crippen LogP contribution >= 0.6 is 24.8 Å². The Hall–Kier alpha value is 1.25. The van der Waals surface area contributed by atoms with Gasteiger partial charge in [-0.2, -0.15) is 12.8 Å². The Balaban J connectivity index is -0.00000000571. The molecule has 0 saturated carbocycles. The van der Waals surface area contributed by atoms with E-state index in [0.717, 1.165) is 12.8 Å². The zero-order valence-corrected chi connectivity index (χ0v) is 9.92.